The molecule has 0 atom stereocenters. The lowest BCUT2D eigenvalue weighted by Gasteiger charge is -1.97. The Morgan fingerprint density at radius 1 is 1.60 bits per heavy atom. The molecule has 0 aromatic heterocycles. The van der Waals surface area contributed by atoms with Crippen molar-refractivity contribution in [2.45, 2.75) is 26.7 Å². The van der Waals surface area contributed by atoms with Crippen molar-refractivity contribution in [3.8, 4) is 0 Å². The summed E-state index contributed by atoms with van der Waals surface area (Å²) in [5, 5.41) is 0. The molecule has 1 nitrogen and oxygen atoms in total. The van der Waals surface area contributed by atoms with Gasteiger partial charge in [-0.2, -0.15) is 0 Å². The van der Waals surface area contributed by atoms with Crippen LogP contribution >= 0.6 is 15.9 Å². The second-order valence-corrected chi connectivity index (χ2v) is 3.15. The average molecular weight is 204 g/mol. The highest BCUT2D eigenvalue weighted by Crippen LogP contribution is 2.17. The Morgan fingerprint density at radius 2 is 2.20 bits per heavy atom. The summed E-state index contributed by atoms with van der Waals surface area (Å²) in [5.41, 5.74) is 6.44. The number of hydrogen-bond acceptors (Lipinski definition) is 1. The van der Waals surface area contributed by atoms with E-state index in [0.717, 1.165) is 12.8 Å². The predicted octanol–water partition coefficient (Wildman–Crippen LogP) is 2.93. The maximum absolute atomic E-state index is 5.23. The Kier molecular flexibility index (Phi) is 5.40. The van der Waals surface area contributed by atoms with Gasteiger partial charge in [-0.3, -0.25) is 0 Å². The van der Waals surface area contributed by atoms with E-state index in [-0.39, 0.29) is 0 Å². The number of halogens is 1. The molecule has 0 unspecified atom stereocenters. The first-order valence-corrected chi connectivity index (χ1v) is 4.25. The minimum Gasteiger partial charge on any atom is -0.405 e. The third-order valence-electron chi connectivity index (χ3n) is 1.24. The average Bonchev–Trinajstić information content (AvgIpc) is 1.89. The summed E-state index contributed by atoms with van der Waals surface area (Å²) in [5.74, 6) is 0. The van der Waals surface area contributed by atoms with Gasteiger partial charge in [-0.15, -0.1) is 0 Å². The fraction of sp³-hybridized carbons (Fsp3) is 0.500. The zero-order valence-electron chi connectivity index (χ0n) is 6.52. The Morgan fingerprint density at radius 3 is 2.60 bits per heavy atom. The van der Waals surface area contributed by atoms with Gasteiger partial charge in [-0.25, -0.2) is 0 Å². The van der Waals surface area contributed by atoms with Crippen molar-refractivity contribution in [1.29, 1.82) is 0 Å². The van der Waals surface area contributed by atoms with Gasteiger partial charge in [0.25, 0.3) is 0 Å². The highest BCUT2D eigenvalue weighted by atomic mass is 79.9. The lowest BCUT2D eigenvalue weighted by Crippen LogP contribution is -1.80. The molecule has 0 rings (SSSR count). The molecular formula is C8H14BrN. The third-order valence-corrected chi connectivity index (χ3v) is 2.27. The number of allylic oxidation sites excluding steroid dienone is 3. The molecule has 2 N–H and O–H groups in total. The van der Waals surface area contributed by atoms with Crippen molar-refractivity contribution in [1.82, 2.24) is 0 Å². The third kappa shape index (κ3) is 3.72. The zero-order chi connectivity index (χ0) is 7.98. The standard InChI is InChI=1S/C8H14BrN/c1-3-4-8(9)7(2)5-6-10/h5-6H,3-4,10H2,1-2H3/b6-5-,8-7+. The van der Waals surface area contributed by atoms with Gasteiger partial charge >= 0.3 is 0 Å². The molecule has 58 valence electrons. The van der Waals surface area contributed by atoms with E-state index in [0.29, 0.717) is 0 Å². The van der Waals surface area contributed by atoms with E-state index in [1.807, 2.05) is 13.0 Å². The van der Waals surface area contributed by atoms with E-state index in [2.05, 4.69) is 22.9 Å². The molecule has 0 aliphatic carbocycles. The van der Waals surface area contributed by atoms with Crippen molar-refractivity contribution in [2.75, 3.05) is 0 Å². The molecule has 0 saturated carbocycles. The monoisotopic (exact) mass is 203 g/mol. The number of rotatable bonds is 3. The van der Waals surface area contributed by atoms with Crippen LogP contribution in [0.5, 0.6) is 0 Å². The molecule has 0 bridgehead atoms. The van der Waals surface area contributed by atoms with Gasteiger partial charge in [0, 0.05) is 0 Å². The Labute approximate surface area is 71.1 Å². The molecule has 0 amide bonds. The zero-order valence-corrected chi connectivity index (χ0v) is 8.11. The topological polar surface area (TPSA) is 26.0 Å². The highest BCUT2D eigenvalue weighted by molar-refractivity contribution is 9.11. The van der Waals surface area contributed by atoms with Gasteiger partial charge in [0.05, 0.1) is 0 Å². The van der Waals surface area contributed by atoms with Gasteiger partial charge in [-0.1, -0.05) is 29.3 Å². The van der Waals surface area contributed by atoms with Crippen LogP contribution in [0.25, 0.3) is 0 Å². The summed E-state index contributed by atoms with van der Waals surface area (Å²) in [6.45, 7) is 4.20. The SMILES string of the molecule is CCC/C(Br)=C(C)\C=C/N. The van der Waals surface area contributed by atoms with Crippen LogP contribution in [0.3, 0.4) is 0 Å². The molecule has 0 aliphatic heterocycles. The van der Waals surface area contributed by atoms with E-state index in [1.54, 1.807) is 6.20 Å². The number of nitrogens with two attached hydrogens (primary N) is 1. The Bertz CT molecular complexity index is 147. The fourth-order valence-corrected chi connectivity index (χ4v) is 1.18. The van der Waals surface area contributed by atoms with Crippen molar-refractivity contribution < 1.29 is 0 Å². The van der Waals surface area contributed by atoms with Crippen molar-refractivity contribution in [3.63, 3.8) is 0 Å². The summed E-state index contributed by atoms with van der Waals surface area (Å²) < 4.78 is 1.25. The van der Waals surface area contributed by atoms with Gasteiger partial charge in [0.2, 0.25) is 0 Å². The molecule has 0 aromatic rings. The normalized spacial score (nSPS) is 13.9. The first-order valence-electron chi connectivity index (χ1n) is 3.45. The van der Waals surface area contributed by atoms with Crippen LogP contribution in [0.4, 0.5) is 0 Å². The molecule has 0 radical (unpaired) electrons. The molecule has 0 aromatic carbocycles. The molecule has 0 fully saturated rings. The predicted molar refractivity (Wildman–Crippen MR) is 49.9 cm³/mol. The van der Waals surface area contributed by atoms with E-state index in [4.69, 9.17) is 5.73 Å². The first-order chi connectivity index (χ1) is 4.72. The van der Waals surface area contributed by atoms with Crippen LogP contribution in [-0.2, 0) is 0 Å². The van der Waals surface area contributed by atoms with Crippen LogP contribution in [0, 0.1) is 0 Å². The van der Waals surface area contributed by atoms with Crippen molar-refractivity contribution >= 4 is 15.9 Å². The van der Waals surface area contributed by atoms with Crippen LogP contribution in [-0.4, -0.2) is 0 Å². The second kappa shape index (κ2) is 5.54. The number of hydrogen-bond donors (Lipinski definition) is 1. The smallest absolute Gasteiger partial charge is 0.00197 e. The van der Waals surface area contributed by atoms with E-state index >= 15 is 0 Å². The van der Waals surface area contributed by atoms with Gasteiger partial charge in [0.1, 0.15) is 0 Å². The van der Waals surface area contributed by atoms with Gasteiger partial charge in [0.15, 0.2) is 0 Å². The Balaban J connectivity index is 4.04. The maximum atomic E-state index is 5.23. The lowest BCUT2D eigenvalue weighted by molar-refractivity contribution is 0.943. The largest absolute Gasteiger partial charge is 0.405 e. The second-order valence-electron chi connectivity index (χ2n) is 2.20. The first kappa shape index (κ1) is 9.76. The quantitative estimate of drug-likeness (QED) is 0.702. The summed E-state index contributed by atoms with van der Waals surface area (Å²) in [7, 11) is 0. The molecule has 0 heterocycles. The van der Waals surface area contributed by atoms with E-state index in [1.165, 1.54) is 10.1 Å². The molecule has 10 heavy (non-hydrogen) atoms. The minimum absolute atomic E-state index is 1.09. The molecule has 2 heteroatoms. The Hall–Kier alpha value is -0.240. The summed E-state index contributed by atoms with van der Waals surface area (Å²) in [6, 6.07) is 0. The van der Waals surface area contributed by atoms with Crippen LogP contribution in [0.2, 0.25) is 0 Å². The van der Waals surface area contributed by atoms with Gasteiger partial charge in [-0.05, 0) is 35.7 Å². The van der Waals surface area contributed by atoms with Crippen LogP contribution in [0.15, 0.2) is 22.3 Å². The van der Waals surface area contributed by atoms with Crippen molar-refractivity contribution in [3.05, 3.63) is 22.3 Å². The highest BCUT2D eigenvalue weighted by Gasteiger charge is 1.92. The molecule has 0 saturated heterocycles. The van der Waals surface area contributed by atoms with Crippen LogP contribution < -0.4 is 5.73 Å². The molecular weight excluding hydrogens is 190 g/mol. The van der Waals surface area contributed by atoms with E-state index < -0.39 is 0 Å². The maximum Gasteiger partial charge on any atom is -0.00197 e. The summed E-state index contributed by atoms with van der Waals surface area (Å²) in [6.07, 6.45) is 5.72. The van der Waals surface area contributed by atoms with Crippen molar-refractivity contribution in [2.24, 2.45) is 5.73 Å². The van der Waals surface area contributed by atoms with Gasteiger partial charge < -0.3 is 5.73 Å². The fourth-order valence-electron chi connectivity index (χ4n) is 0.651. The lowest BCUT2D eigenvalue weighted by atomic mass is 10.2. The van der Waals surface area contributed by atoms with E-state index in [9.17, 15) is 0 Å². The summed E-state index contributed by atoms with van der Waals surface area (Å²) in [4.78, 5) is 0. The molecule has 0 aliphatic rings. The van der Waals surface area contributed by atoms with Crippen LogP contribution in [0.1, 0.15) is 26.7 Å². The molecule has 0 spiro atoms. The minimum atomic E-state index is 1.09. The summed E-state index contributed by atoms with van der Waals surface area (Å²) >= 11 is 3.48.